The van der Waals surface area contributed by atoms with Crippen LogP contribution in [0, 0.1) is 0 Å². The summed E-state index contributed by atoms with van der Waals surface area (Å²) in [5, 5.41) is 18.3. The van der Waals surface area contributed by atoms with Crippen LogP contribution >= 0.6 is 11.6 Å². The zero-order chi connectivity index (χ0) is 14.1. The van der Waals surface area contributed by atoms with E-state index in [0.29, 0.717) is 23.7 Å². The molecule has 0 saturated carbocycles. The Morgan fingerprint density at radius 2 is 2.30 bits per heavy atom. The van der Waals surface area contributed by atoms with Gasteiger partial charge in [0.1, 0.15) is 17.7 Å². The van der Waals surface area contributed by atoms with Crippen LogP contribution in [0.25, 0.3) is 0 Å². The van der Waals surface area contributed by atoms with E-state index in [9.17, 15) is 9.90 Å². The Balaban J connectivity index is 1.95. The number of carboxylic acid groups (broad SMARTS) is 1. The van der Waals surface area contributed by atoms with E-state index in [1.165, 1.54) is 0 Å². The highest BCUT2D eigenvalue weighted by molar-refractivity contribution is 6.30. The molecule has 0 amide bonds. The summed E-state index contributed by atoms with van der Waals surface area (Å²) in [7, 11) is 0. The van der Waals surface area contributed by atoms with Crippen LogP contribution in [0.2, 0.25) is 5.02 Å². The molecular weight excluding hydrogens is 278 g/mol. The molecule has 0 bridgehead atoms. The molecule has 0 saturated heterocycles. The first kappa shape index (κ1) is 13.1. The van der Waals surface area contributed by atoms with Gasteiger partial charge in [0.25, 0.3) is 0 Å². The molecule has 104 valence electrons. The third-order valence-electron chi connectivity index (χ3n) is 3.56. The molecule has 0 radical (unpaired) electrons. The van der Waals surface area contributed by atoms with Gasteiger partial charge in [-0.25, -0.2) is 4.79 Å². The van der Waals surface area contributed by atoms with Gasteiger partial charge in [-0.2, -0.15) is 0 Å². The number of carboxylic acids is 1. The first-order valence-corrected chi connectivity index (χ1v) is 6.93. The minimum Gasteiger partial charge on any atom is -0.480 e. The van der Waals surface area contributed by atoms with Crippen molar-refractivity contribution in [1.82, 2.24) is 14.8 Å². The number of halogens is 1. The van der Waals surface area contributed by atoms with Crippen molar-refractivity contribution < 1.29 is 9.90 Å². The van der Waals surface area contributed by atoms with Gasteiger partial charge in [-0.1, -0.05) is 23.7 Å². The van der Waals surface area contributed by atoms with Crippen LogP contribution in [0.3, 0.4) is 0 Å². The maximum absolute atomic E-state index is 11.4. The number of aliphatic carboxylic acids is 1. The molecule has 1 aliphatic rings. The van der Waals surface area contributed by atoms with Gasteiger partial charge in [-0.3, -0.25) is 0 Å². The Morgan fingerprint density at radius 1 is 1.45 bits per heavy atom. The SMILES string of the molecule is O=C(O)C1CCCc2nnc(Cc3cccc(Cl)c3)n21. The monoisotopic (exact) mass is 291 g/mol. The number of nitrogens with zero attached hydrogens (tertiary/aromatic N) is 3. The van der Waals surface area contributed by atoms with Crippen molar-refractivity contribution in [1.29, 1.82) is 0 Å². The third kappa shape index (κ3) is 2.41. The summed E-state index contributed by atoms with van der Waals surface area (Å²) < 4.78 is 1.77. The average Bonchev–Trinajstić information content (AvgIpc) is 2.82. The zero-order valence-electron chi connectivity index (χ0n) is 10.8. The second-order valence-electron chi connectivity index (χ2n) is 4.96. The molecule has 1 aliphatic heterocycles. The Labute approximate surface area is 121 Å². The van der Waals surface area contributed by atoms with Crippen LogP contribution in [0.15, 0.2) is 24.3 Å². The van der Waals surface area contributed by atoms with E-state index in [1.807, 2.05) is 24.3 Å². The van der Waals surface area contributed by atoms with Crippen molar-refractivity contribution in [2.75, 3.05) is 0 Å². The fraction of sp³-hybridized carbons (Fsp3) is 0.357. The molecular formula is C14H14ClN3O2. The second kappa shape index (κ2) is 5.25. The van der Waals surface area contributed by atoms with Crippen molar-refractivity contribution >= 4 is 17.6 Å². The van der Waals surface area contributed by atoms with Crippen molar-refractivity contribution in [3.8, 4) is 0 Å². The summed E-state index contributed by atoms with van der Waals surface area (Å²) in [5.41, 5.74) is 1.00. The van der Waals surface area contributed by atoms with Gasteiger partial charge < -0.3 is 9.67 Å². The number of hydrogen-bond acceptors (Lipinski definition) is 3. The summed E-state index contributed by atoms with van der Waals surface area (Å²) >= 11 is 5.97. The smallest absolute Gasteiger partial charge is 0.326 e. The molecule has 2 heterocycles. The van der Waals surface area contributed by atoms with Gasteiger partial charge in [0, 0.05) is 17.9 Å². The largest absolute Gasteiger partial charge is 0.480 e. The molecule has 1 unspecified atom stereocenters. The van der Waals surface area contributed by atoms with Crippen molar-refractivity contribution in [2.45, 2.75) is 31.7 Å². The summed E-state index contributed by atoms with van der Waals surface area (Å²) in [5.74, 6) is 0.633. The van der Waals surface area contributed by atoms with Gasteiger partial charge in [0.2, 0.25) is 0 Å². The highest BCUT2D eigenvalue weighted by Gasteiger charge is 2.29. The average molecular weight is 292 g/mol. The second-order valence-corrected chi connectivity index (χ2v) is 5.39. The highest BCUT2D eigenvalue weighted by atomic mass is 35.5. The molecule has 0 fully saturated rings. The quantitative estimate of drug-likeness (QED) is 0.943. The molecule has 20 heavy (non-hydrogen) atoms. The number of fused-ring (bicyclic) bond motifs is 1. The maximum atomic E-state index is 11.4. The fourth-order valence-corrected chi connectivity index (χ4v) is 2.87. The number of carbonyl (C=O) groups is 1. The molecule has 1 atom stereocenters. The van der Waals surface area contributed by atoms with Gasteiger partial charge in [-0.15, -0.1) is 10.2 Å². The molecule has 1 aromatic carbocycles. The molecule has 2 aromatic rings. The van der Waals surface area contributed by atoms with Crippen LogP contribution in [0.1, 0.15) is 36.1 Å². The minimum atomic E-state index is -0.821. The van der Waals surface area contributed by atoms with Crippen LogP contribution in [0.5, 0.6) is 0 Å². The normalized spacial score (nSPS) is 17.8. The molecule has 0 spiro atoms. The summed E-state index contributed by atoms with van der Waals surface area (Å²) in [6, 6.07) is 6.95. The van der Waals surface area contributed by atoms with E-state index >= 15 is 0 Å². The lowest BCUT2D eigenvalue weighted by atomic mass is 10.0. The van der Waals surface area contributed by atoms with Crippen molar-refractivity contribution in [2.24, 2.45) is 0 Å². The van der Waals surface area contributed by atoms with Gasteiger partial charge in [0.05, 0.1) is 0 Å². The van der Waals surface area contributed by atoms with Crippen LogP contribution in [0.4, 0.5) is 0 Å². The molecule has 1 aromatic heterocycles. The fourth-order valence-electron chi connectivity index (χ4n) is 2.66. The number of rotatable bonds is 3. The predicted molar refractivity (Wildman–Crippen MR) is 73.9 cm³/mol. The first-order valence-electron chi connectivity index (χ1n) is 6.55. The summed E-state index contributed by atoms with van der Waals surface area (Å²) in [4.78, 5) is 11.4. The lowest BCUT2D eigenvalue weighted by molar-refractivity contribution is -0.141. The Bertz CT molecular complexity index is 654. The molecule has 1 N–H and O–H groups in total. The van der Waals surface area contributed by atoms with E-state index < -0.39 is 12.0 Å². The van der Waals surface area contributed by atoms with Crippen LogP contribution in [-0.2, 0) is 17.6 Å². The van der Waals surface area contributed by atoms with Crippen molar-refractivity contribution in [3.63, 3.8) is 0 Å². The number of aryl methyl sites for hydroxylation is 1. The third-order valence-corrected chi connectivity index (χ3v) is 3.80. The van der Waals surface area contributed by atoms with Gasteiger partial charge >= 0.3 is 5.97 Å². The summed E-state index contributed by atoms with van der Waals surface area (Å²) in [6.07, 6.45) is 2.79. The Hall–Kier alpha value is -1.88. The Morgan fingerprint density at radius 3 is 3.05 bits per heavy atom. The highest BCUT2D eigenvalue weighted by Crippen LogP contribution is 2.26. The van der Waals surface area contributed by atoms with Crippen molar-refractivity contribution in [3.05, 3.63) is 46.5 Å². The molecule has 6 heteroatoms. The topological polar surface area (TPSA) is 68.0 Å². The van der Waals surface area contributed by atoms with Crippen LogP contribution < -0.4 is 0 Å². The minimum absolute atomic E-state index is 0.539. The van der Waals surface area contributed by atoms with Crippen LogP contribution in [-0.4, -0.2) is 25.8 Å². The maximum Gasteiger partial charge on any atom is 0.326 e. The lowest BCUT2D eigenvalue weighted by Gasteiger charge is -2.22. The molecule has 3 rings (SSSR count). The number of benzene rings is 1. The molecule has 5 nitrogen and oxygen atoms in total. The van der Waals surface area contributed by atoms with Gasteiger partial charge in [-0.05, 0) is 30.5 Å². The predicted octanol–water partition coefficient (Wildman–Crippen LogP) is 2.48. The first-order chi connectivity index (χ1) is 9.65. The van der Waals surface area contributed by atoms with E-state index in [-0.39, 0.29) is 0 Å². The summed E-state index contributed by atoms with van der Waals surface area (Å²) in [6.45, 7) is 0. The standard InChI is InChI=1S/C14H14ClN3O2/c15-10-4-1-3-9(7-10)8-13-17-16-12-6-2-5-11(14(19)20)18(12)13/h1,3-4,7,11H,2,5-6,8H2,(H,19,20). The van der Waals surface area contributed by atoms with E-state index in [1.54, 1.807) is 4.57 Å². The van der Waals surface area contributed by atoms with E-state index in [2.05, 4.69) is 10.2 Å². The zero-order valence-corrected chi connectivity index (χ0v) is 11.5. The molecule has 0 aliphatic carbocycles. The lowest BCUT2D eigenvalue weighted by Crippen LogP contribution is -2.26. The Kier molecular flexibility index (Phi) is 3.44. The van der Waals surface area contributed by atoms with Gasteiger partial charge in [0.15, 0.2) is 0 Å². The van der Waals surface area contributed by atoms with E-state index in [4.69, 9.17) is 11.6 Å². The number of hydrogen-bond donors (Lipinski definition) is 1. The number of aromatic nitrogens is 3. The van der Waals surface area contributed by atoms with E-state index in [0.717, 1.165) is 24.2 Å².